The SMILES string of the molecule is Cc1nccn1-c1ccc(CNC(=O)C2CCN(Cc3ccc(Cl)cc3F)CC2)cc1. The van der Waals surface area contributed by atoms with Gasteiger partial charge in [-0.1, -0.05) is 29.8 Å². The Morgan fingerprint density at radius 1 is 1.19 bits per heavy atom. The number of nitrogens with zero attached hydrogens (tertiary/aromatic N) is 3. The number of carbonyl (C=O) groups is 1. The maximum absolute atomic E-state index is 14.0. The van der Waals surface area contributed by atoms with Gasteiger partial charge in [-0.05, 0) is 62.7 Å². The van der Waals surface area contributed by atoms with E-state index in [1.54, 1.807) is 18.3 Å². The molecule has 1 aliphatic heterocycles. The van der Waals surface area contributed by atoms with Crippen LogP contribution in [0.25, 0.3) is 5.69 Å². The normalized spacial score (nSPS) is 15.2. The fourth-order valence-corrected chi connectivity index (χ4v) is 4.16. The van der Waals surface area contributed by atoms with Gasteiger partial charge in [0.1, 0.15) is 11.6 Å². The van der Waals surface area contributed by atoms with E-state index in [0.29, 0.717) is 23.7 Å². The average molecular weight is 441 g/mol. The molecule has 3 aromatic rings. The fraction of sp³-hybridized carbons (Fsp3) is 0.333. The van der Waals surface area contributed by atoms with E-state index >= 15 is 0 Å². The van der Waals surface area contributed by atoms with Crippen LogP contribution in [-0.2, 0) is 17.9 Å². The van der Waals surface area contributed by atoms with E-state index in [4.69, 9.17) is 11.6 Å². The predicted octanol–water partition coefficient (Wildman–Crippen LogP) is 4.50. The number of benzene rings is 2. The zero-order chi connectivity index (χ0) is 21.8. The van der Waals surface area contributed by atoms with Gasteiger partial charge < -0.3 is 9.88 Å². The van der Waals surface area contributed by atoms with E-state index in [9.17, 15) is 9.18 Å². The first-order chi connectivity index (χ1) is 15.0. The summed E-state index contributed by atoms with van der Waals surface area (Å²) in [5, 5.41) is 3.47. The summed E-state index contributed by atoms with van der Waals surface area (Å²) in [6.45, 7) is 4.57. The Morgan fingerprint density at radius 3 is 2.58 bits per heavy atom. The number of halogens is 2. The number of likely N-dealkylation sites (tertiary alicyclic amines) is 1. The van der Waals surface area contributed by atoms with Crippen molar-refractivity contribution in [1.29, 1.82) is 0 Å². The minimum Gasteiger partial charge on any atom is -0.352 e. The number of hydrogen-bond donors (Lipinski definition) is 1. The molecule has 1 N–H and O–H groups in total. The van der Waals surface area contributed by atoms with E-state index in [2.05, 4.69) is 15.2 Å². The molecule has 1 amide bonds. The fourth-order valence-electron chi connectivity index (χ4n) is 4.00. The third-order valence-corrected chi connectivity index (χ3v) is 6.11. The maximum Gasteiger partial charge on any atom is 0.223 e. The Bertz CT molecular complexity index is 1040. The van der Waals surface area contributed by atoms with Gasteiger partial charge in [0.2, 0.25) is 5.91 Å². The minimum absolute atomic E-state index is 0.000753. The third kappa shape index (κ3) is 5.32. The van der Waals surface area contributed by atoms with Crippen LogP contribution in [0.5, 0.6) is 0 Å². The first-order valence-corrected chi connectivity index (χ1v) is 10.9. The summed E-state index contributed by atoms with van der Waals surface area (Å²) >= 11 is 5.82. The van der Waals surface area contributed by atoms with Crippen LogP contribution in [0.15, 0.2) is 54.9 Å². The Balaban J connectivity index is 1.24. The van der Waals surface area contributed by atoms with Crippen LogP contribution in [0.1, 0.15) is 29.8 Å². The highest BCUT2D eigenvalue weighted by molar-refractivity contribution is 6.30. The minimum atomic E-state index is -0.276. The van der Waals surface area contributed by atoms with Gasteiger partial charge in [0.05, 0.1) is 0 Å². The van der Waals surface area contributed by atoms with Gasteiger partial charge in [-0.2, -0.15) is 0 Å². The van der Waals surface area contributed by atoms with Crippen molar-refractivity contribution in [1.82, 2.24) is 19.8 Å². The number of rotatable bonds is 6. The zero-order valence-corrected chi connectivity index (χ0v) is 18.3. The second-order valence-corrected chi connectivity index (χ2v) is 8.45. The van der Waals surface area contributed by atoms with Crippen molar-refractivity contribution >= 4 is 17.5 Å². The van der Waals surface area contributed by atoms with Crippen molar-refractivity contribution in [2.45, 2.75) is 32.9 Å². The summed E-state index contributed by atoms with van der Waals surface area (Å²) in [6.07, 6.45) is 5.26. The Morgan fingerprint density at radius 2 is 1.94 bits per heavy atom. The van der Waals surface area contributed by atoms with E-state index in [1.807, 2.05) is 42.0 Å². The summed E-state index contributed by atoms with van der Waals surface area (Å²) in [4.78, 5) is 19.0. The summed E-state index contributed by atoms with van der Waals surface area (Å²) in [6, 6.07) is 12.9. The zero-order valence-electron chi connectivity index (χ0n) is 17.5. The molecule has 31 heavy (non-hydrogen) atoms. The second kappa shape index (κ2) is 9.62. The summed E-state index contributed by atoms with van der Waals surface area (Å²) in [7, 11) is 0. The lowest BCUT2D eigenvalue weighted by Gasteiger charge is -2.31. The predicted molar refractivity (Wildman–Crippen MR) is 120 cm³/mol. The lowest BCUT2D eigenvalue weighted by atomic mass is 9.95. The van der Waals surface area contributed by atoms with Gasteiger partial charge in [0, 0.05) is 47.7 Å². The molecule has 162 valence electrons. The Kier molecular flexibility index (Phi) is 6.68. The molecule has 0 bridgehead atoms. The molecular formula is C24H26ClFN4O. The number of hydrogen-bond acceptors (Lipinski definition) is 3. The number of nitrogens with one attached hydrogen (secondary N) is 1. The topological polar surface area (TPSA) is 50.2 Å². The molecule has 0 saturated carbocycles. The summed E-state index contributed by atoms with van der Waals surface area (Å²) < 4.78 is 16.0. The van der Waals surface area contributed by atoms with Crippen LogP contribution >= 0.6 is 11.6 Å². The quantitative estimate of drug-likeness (QED) is 0.614. The van der Waals surface area contributed by atoms with Crippen molar-refractivity contribution < 1.29 is 9.18 Å². The van der Waals surface area contributed by atoms with Crippen molar-refractivity contribution in [2.24, 2.45) is 5.92 Å². The van der Waals surface area contributed by atoms with E-state index in [0.717, 1.165) is 43.0 Å². The number of piperidine rings is 1. The molecule has 1 saturated heterocycles. The standard InChI is InChI=1S/C24H26ClFN4O/c1-17-27-10-13-30(17)22-6-2-18(3-7-22)15-28-24(31)19-8-11-29(12-9-19)16-20-4-5-21(25)14-23(20)26/h2-7,10,13-14,19H,8-9,11-12,15-16H2,1H3,(H,28,31). The molecule has 0 spiro atoms. The molecule has 5 nitrogen and oxygen atoms in total. The van der Waals surface area contributed by atoms with Crippen LogP contribution in [0.4, 0.5) is 4.39 Å². The van der Waals surface area contributed by atoms with Gasteiger partial charge in [0.25, 0.3) is 0 Å². The van der Waals surface area contributed by atoms with Gasteiger partial charge >= 0.3 is 0 Å². The highest BCUT2D eigenvalue weighted by Gasteiger charge is 2.25. The molecule has 0 aliphatic carbocycles. The van der Waals surface area contributed by atoms with Crippen molar-refractivity contribution in [3.63, 3.8) is 0 Å². The van der Waals surface area contributed by atoms with E-state index in [1.165, 1.54) is 6.07 Å². The number of amides is 1. The number of imidazole rings is 1. The molecule has 0 atom stereocenters. The lowest BCUT2D eigenvalue weighted by Crippen LogP contribution is -2.40. The van der Waals surface area contributed by atoms with Crippen molar-refractivity contribution in [3.05, 3.63) is 82.6 Å². The molecule has 0 unspecified atom stereocenters. The largest absolute Gasteiger partial charge is 0.352 e. The molecule has 1 aromatic heterocycles. The molecule has 0 radical (unpaired) electrons. The van der Waals surface area contributed by atoms with E-state index in [-0.39, 0.29) is 17.6 Å². The summed E-state index contributed by atoms with van der Waals surface area (Å²) in [5.41, 5.74) is 2.75. The van der Waals surface area contributed by atoms with Gasteiger partial charge in [-0.25, -0.2) is 9.37 Å². The molecule has 4 rings (SSSR count). The number of aryl methyl sites for hydroxylation is 1. The highest BCUT2D eigenvalue weighted by Crippen LogP contribution is 2.22. The van der Waals surface area contributed by atoms with Crippen molar-refractivity contribution in [3.8, 4) is 5.69 Å². The first-order valence-electron chi connectivity index (χ1n) is 10.5. The maximum atomic E-state index is 14.0. The van der Waals surface area contributed by atoms with Crippen LogP contribution in [-0.4, -0.2) is 33.4 Å². The molecule has 1 aliphatic rings. The van der Waals surface area contributed by atoms with Crippen molar-refractivity contribution in [2.75, 3.05) is 13.1 Å². The summed E-state index contributed by atoms with van der Waals surface area (Å²) in [5.74, 6) is 0.749. The number of carbonyl (C=O) groups excluding carboxylic acids is 1. The molecule has 7 heteroatoms. The van der Waals surface area contributed by atoms with Gasteiger partial charge in [0.15, 0.2) is 0 Å². The second-order valence-electron chi connectivity index (χ2n) is 8.01. The van der Waals surface area contributed by atoms with Crippen LogP contribution in [0, 0.1) is 18.7 Å². The highest BCUT2D eigenvalue weighted by atomic mass is 35.5. The molecular weight excluding hydrogens is 415 g/mol. The lowest BCUT2D eigenvalue weighted by molar-refractivity contribution is -0.126. The molecule has 1 fully saturated rings. The smallest absolute Gasteiger partial charge is 0.223 e. The number of aromatic nitrogens is 2. The molecule has 2 aromatic carbocycles. The van der Waals surface area contributed by atoms with Crippen LogP contribution in [0.2, 0.25) is 5.02 Å². The first kappa shape index (κ1) is 21.5. The van der Waals surface area contributed by atoms with Gasteiger partial charge in [-0.3, -0.25) is 9.69 Å². The average Bonchev–Trinajstić information content (AvgIpc) is 3.21. The van der Waals surface area contributed by atoms with Crippen LogP contribution < -0.4 is 5.32 Å². The monoisotopic (exact) mass is 440 g/mol. The van der Waals surface area contributed by atoms with E-state index < -0.39 is 0 Å². The van der Waals surface area contributed by atoms with Crippen LogP contribution in [0.3, 0.4) is 0 Å². The Labute approximate surface area is 186 Å². The Hall–Kier alpha value is -2.70. The third-order valence-electron chi connectivity index (χ3n) is 5.87. The molecule has 2 heterocycles. The van der Waals surface area contributed by atoms with Gasteiger partial charge in [-0.15, -0.1) is 0 Å².